The standard InChI is InChI=1S/C10H14N2OS/c1-8-3-2-4-9(7-8)14-6-5-10(13)12-11/h2-4,7H,5-6,11H2,1H3,(H,12,13). The number of hydrogen-bond acceptors (Lipinski definition) is 3. The van der Waals surface area contributed by atoms with Crippen molar-refractivity contribution >= 4 is 17.7 Å². The number of aryl methyl sites for hydroxylation is 1. The van der Waals surface area contributed by atoms with Gasteiger partial charge >= 0.3 is 0 Å². The van der Waals surface area contributed by atoms with Crippen LogP contribution in [0.25, 0.3) is 0 Å². The molecule has 3 N–H and O–H groups in total. The maximum absolute atomic E-state index is 10.8. The average Bonchev–Trinajstić information content (AvgIpc) is 2.17. The first-order valence-electron chi connectivity index (χ1n) is 4.41. The molecule has 0 fully saturated rings. The Morgan fingerprint density at radius 2 is 2.36 bits per heavy atom. The first-order chi connectivity index (χ1) is 6.72. The van der Waals surface area contributed by atoms with Gasteiger partial charge in [0.05, 0.1) is 0 Å². The third kappa shape index (κ3) is 3.81. The third-order valence-electron chi connectivity index (χ3n) is 1.75. The van der Waals surface area contributed by atoms with Crippen molar-refractivity contribution < 1.29 is 4.79 Å². The number of nitrogens with two attached hydrogens (primary N) is 1. The normalized spacial score (nSPS) is 9.86. The van der Waals surface area contributed by atoms with Crippen LogP contribution in [-0.2, 0) is 4.79 Å². The zero-order valence-electron chi connectivity index (χ0n) is 8.12. The molecular weight excluding hydrogens is 196 g/mol. The van der Waals surface area contributed by atoms with Crippen molar-refractivity contribution in [2.24, 2.45) is 5.84 Å². The molecule has 0 aliphatic rings. The van der Waals surface area contributed by atoms with Gasteiger partial charge in [0.2, 0.25) is 5.91 Å². The van der Waals surface area contributed by atoms with Gasteiger partial charge in [0.25, 0.3) is 0 Å². The van der Waals surface area contributed by atoms with Gasteiger partial charge in [-0.3, -0.25) is 10.2 Å². The van der Waals surface area contributed by atoms with E-state index in [4.69, 9.17) is 5.84 Å². The molecule has 0 bridgehead atoms. The van der Waals surface area contributed by atoms with Crippen LogP contribution in [0, 0.1) is 6.92 Å². The van der Waals surface area contributed by atoms with E-state index in [1.165, 1.54) is 10.5 Å². The minimum atomic E-state index is -0.120. The Kier molecular flexibility index (Phi) is 4.49. The number of carbonyl (C=O) groups is 1. The van der Waals surface area contributed by atoms with Crippen LogP contribution in [0.5, 0.6) is 0 Å². The zero-order chi connectivity index (χ0) is 10.4. The van der Waals surface area contributed by atoms with Gasteiger partial charge in [-0.15, -0.1) is 11.8 Å². The Labute approximate surface area is 88.0 Å². The molecule has 0 aliphatic heterocycles. The molecule has 0 saturated carbocycles. The summed E-state index contributed by atoms with van der Waals surface area (Å²) in [5, 5.41) is 0. The van der Waals surface area contributed by atoms with E-state index in [-0.39, 0.29) is 5.91 Å². The molecule has 0 unspecified atom stereocenters. The van der Waals surface area contributed by atoms with Crippen molar-refractivity contribution in [1.82, 2.24) is 5.43 Å². The van der Waals surface area contributed by atoms with E-state index in [0.29, 0.717) is 6.42 Å². The number of amides is 1. The van der Waals surface area contributed by atoms with E-state index in [2.05, 4.69) is 24.5 Å². The lowest BCUT2D eigenvalue weighted by atomic mass is 10.2. The number of rotatable bonds is 4. The number of hydrogen-bond donors (Lipinski definition) is 2. The molecule has 14 heavy (non-hydrogen) atoms. The van der Waals surface area contributed by atoms with Crippen molar-refractivity contribution in [3.8, 4) is 0 Å². The summed E-state index contributed by atoms with van der Waals surface area (Å²) in [5.74, 6) is 5.60. The van der Waals surface area contributed by atoms with E-state index in [1.54, 1.807) is 11.8 Å². The van der Waals surface area contributed by atoms with Crippen LogP contribution in [0.3, 0.4) is 0 Å². The summed E-state index contributed by atoms with van der Waals surface area (Å²) in [4.78, 5) is 12.0. The van der Waals surface area contributed by atoms with Crippen LogP contribution in [0.2, 0.25) is 0 Å². The molecule has 1 rings (SSSR count). The van der Waals surface area contributed by atoms with E-state index < -0.39 is 0 Å². The SMILES string of the molecule is Cc1cccc(SCCC(=O)NN)c1. The highest BCUT2D eigenvalue weighted by molar-refractivity contribution is 7.99. The minimum absolute atomic E-state index is 0.120. The van der Waals surface area contributed by atoms with Gasteiger partial charge in [0.15, 0.2) is 0 Å². The fourth-order valence-corrected chi connectivity index (χ4v) is 2.01. The second kappa shape index (κ2) is 5.67. The monoisotopic (exact) mass is 210 g/mol. The molecule has 0 aliphatic carbocycles. The molecule has 0 atom stereocenters. The highest BCUT2D eigenvalue weighted by Crippen LogP contribution is 2.19. The second-order valence-electron chi connectivity index (χ2n) is 2.98. The first kappa shape index (κ1) is 11.1. The Morgan fingerprint density at radius 1 is 1.57 bits per heavy atom. The summed E-state index contributed by atoms with van der Waals surface area (Å²) in [5.41, 5.74) is 3.34. The van der Waals surface area contributed by atoms with Crippen LogP contribution in [0.1, 0.15) is 12.0 Å². The van der Waals surface area contributed by atoms with Crippen molar-refractivity contribution in [3.63, 3.8) is 0 Å². The summed E-state index contributed by atoms with van der Waals surface area (Å²) >= 11 is 1.66. The number of benzene rings is 1. The lowest BCUT2D eigenvalue weighted by Crippen LogP contribution is -2.30. The Balaban J connectivity index is 2.35. The van der Waals surface area contributed by atoms with E-state index in [1.807, 2.05) is 12.1 Å². The Bertz CT molecular complexity index is 315. The van der Waals surface area contributed by atoms with Crippen LogP contribution in [0.4, 0.5) is 0 Å². The fraction of sp³-hybridized carbons (Fsp3) is 0.300. The average molecular weight is 210 g/mol. The van der Waals surface area contributed by atoms with Crippen molar-refractivity contribution in [3.05, 3.63) is 29.8 Å². The Hall–Kier alpha value is -1.00. The molecule has 0 spiro atoms. The molecule has 4 heteroatoms. The molecule has 0 heterocycles. The van der Waals surface area contributed by atoms with Crippen LogP contribution in [-0.4, -0.2) is 11.7 Å². The smallest absolute Gasteiger partial charge is 0.234 e. The zero-order valence-corrected chi connectivity index (χ0v) is 8.93. The van der Waals surface area contributed by atoms with E-state index in [0.717, 1.165) is 5.75 Å². The van der Waals surface area contributed by atoms with Gasteiger partial charge in [-0.1, -0.05) is 17.7 Å². The van der Waals surface area contributed by atoms with Crippen LogP contribution < -0.4 is 11.3 Å². The minimum Gasteiger partial charge on any atom is -0.294 e. The van der Waals surface area contributed by atoms with Crippen LogP contribution in [0.15, 0.2) is 29.2 Å². The number of thioether (sulfide) groups is 1. The summed E-state index contributed by atoms with van der Waals surface area (Å²) < 4.78 is 0. The second-order valence-corrected chi connectivity index (χ2v) is 4.15. The molecule has 0 saturated heterocycles. The van der Waals surface area contributed by atoms with Crippen molar-refractivity contribution in [2.75, 3.05) is 5.75 Å². The predicted molar refractivity (Wildman–Crippen MR) is 58.9 cm³/mol. The van der Waals surface area contributed by atoms with Crippen molar-refractivity contribution in [1.29, 1.82) is 0 Å². The highest BCUT2D eigenvalue weighted by Gasteiger charge is 1.99. The summed E-state index contributed by atoms with van der Waals surface area (Å²) in [7, 11) is 0. The molecule has 76 valence electrons. The van der Waals surface area contributed by atoms with Crippen LogP contribution >= 0.6 is 11.8 Å². The summed E-state index contributed by atoms with van der Waals surface area (Å²) in [6.45, 7) is 2.05. The summed E-state index contributed by atoms with van der Waals surface area (Å²) in [6.07, 6.45) is 0.453. The third-order valence-corrected chi connectivity index (χ3v) is 2.74. The lowest BCUT2D eigenvalue weighted by Gasteiger charge is -2.01. The quantitative estimate of drug-likeness (QED) is 0.342. The predicted octanol–water partition coefficient (Wildman–Crippen LogP) is 1.47. The molecular formula is C10H14N2OS. The molecule has 0 radical (unpaired) electrons. The molecule has 1 amide bonds. The fourth-order valence-electron chi connectivity index (χ4n) is 1.04. The molecule has 0 aromatic heterocycles. The molecule has 1 aromatic rings. The number of nitrogens with one attached hydrogen (secondary N) is 1. The first-order valence-corrected chi connectivity index (χ1v) is 5.40. The van der Waals surface area contributed by atoms with E-state index in [9.17, 15) is 4.79 Å². The van der Waals surface area contributed by atoms with Gasteiger partial charge in [-0.25, -0.2) is 5.84 Å². The maximum Gasteiger partial charge on any atom is 0.234 e. The Morgan fingerprint density at radius 3 is 3.00 bits per heavy atom. The number of carbonyl (C=O) groups excluding carboxylic acids is 1. The maximum atomic E-state index is 10.8. The van der Waals surface area contributed by atoms with Gasteiger partial charge in [0, 0.05) is 17.1 Å². The highest BCUT2D eigenvalue weighted by atomic mass is 32.2. The van der Waals surface area contributed by atoms with Gasteiger partial charge in [-0.05, 0) is 19.1 Å². The van der Waals surface area contributed by atoms with Crippen molar-refractivity contribution in [2.45, 2.75) is 18.2 Å². The van der Waals surface area contributed by atoms with E-state index >= 15 is 0 Å². The van der Waals surface area contributed by atoms with Gasteiger partial charge in [0.1, 0.15) is 0 Å². The van der Waals surface area contributed by atoms with Gasteiger partial charge < -0.3 is 0 Å². The topological polar surface area (TPSA) is 55.1 Å². The lowest BCUT2D eigenvalue weighted by molar-refractivity contribution is -0.120. The number of hydrazine groups is 1. The largest absolute Gasteiger partial charge is 0.294 e. The summed E-state index contributed by atoms with van der Waals surface area (Å²) in [6, 6.07) is 8.21. The molecule has 1 aromatic carbocycles. The van der Waals surface area contributed by atoms with Gasteiger partial charge in [-0.2, -0.15) is 0 Å². The molecule has 3 nitrogen and oxygen atoms in total.